The standard InChI is InChI=1S/3BH3O3.BHO3.Na.O.Sb/c4*2-1(3)4;;;/h3*2-4H;2H;;;/q;;;-2;+1;;+1. The molecule has 0 saturated heterocycles. The molecule has 0 spiro atoms. The maximum absolute atomic E-state index is 8.53. The molecule has 19 heteroatoms. The van der Waals surface area contributed by atoms with E-state index in [1.54, 1.807) is 0 Å². The van der Waals surface area contributed by atoms with Gasteiger partial charge in [-0.3, -0.25) is 0 Å². The third-order valence-electron chi connectivity index (χ3n) is 0. The van der Waals surface area contributed by atoms with Crippen molar-refractivity contribution in [1.29, 1.82) is 0 Å². The number of hydrogen-bond acceptors (Lipinski definition) is 13. The van der Waals surface area contributed by atoms with Gasteiger partial charge in [-0.25, -0.2) is 0 Å². The molecule has 0 rings (SSSR count). The molecule has 0 aromatic heterocycles. The van der Waals surface area contributed by atoms with Crippen LogP contribution in [0.3, 0.4) is 0 Å². The predicted octanol–water partition coefficient (Wildman–Crippen LogP) is -13.0. The van der Waals surface area contributed by atoms with Gasteiger partial charge in [-0.2, -0.15) is 0 Å². The Hall–Kier alpha value is 1.40. The molecule has 2 radical (unpaired) electrons. The van der Waals surface area contributed by atoms with Crippen LogP contribution in [0.25, 0.3) is 0 Å². The summed E-state index contributed by atoms with van der Waals surface area (Å²) < 4.78 is 8.30. The summed E-state index contributed by atoms with van der Waals surface area (Å²) in [6.07, 6.45) is 0. The van der Waals surface area contributed by atoms with Gasteiger partial charge in [0.05, 0.1) is 7.32 Å². The maximum atomic E-state index is 8.53. The van der Waals surface area contributed by atoms with Gasteiger partial charge >= 0.3 is 77.6 Å². The Kier molecular flexibility index (Phi) is 71.3. The first-order valence-corrected chi connectivity index (χ1v) is 4.28. The summed E-state index contributed by atoms with van der Waals surface area (Å²) in [6, 6.07) is 0. The third-order valence-corrected chi connectivity index (χ3v) is 0. The Morgan fingerprint density at radius 1 is 0.579 bits per heavy atom. The van der Waals surface area contributed by atoms with Crippen molar-refractivity contribution >= 4 is 52.3 Å². The molecule has 0 atom stereocenters. The van der Waals surface area contributed by atoms with Crippen molar-refractivity contribution < 1.29 is 92.9 Å². The monoisotopic (exact) mass is 406 g/mol. The normalized spacial score (nSPS) is 5.89. The van der Waals surface area contributed by atoms with Gasteiger partial charge in [0.25, 0.3) is 0 Å². The van der Waals surface area contributed by atoms with Crippen LogP contribution in [0.2, 0.25) is 0 Å². The van der Waals surface area contributed by atoms with Crippen molar-refractivity contribution in [3.05, 3.63) is 0 Å². The molecular weight excluding hydrogens is 396 g/mol. The average molecular weight is 406 g/mol. The minimum atomic E-state index is -2.67. The third kappa shape index (κ3) is 3000. The molecule has 0 aliphatic rings. The Bertz CT molecular complexity index is 77.8. The van der Waals surface area contributed by atoms with E-state index in [2.05, 4.69) is 0 Å². The van der Waals surface area contributed by atoms with Crippen LogP contribution in [-0.2, 0) is 3.02 Å². The zero-order chi connectivity index (χ0) is 16.3. The first kappa shape index (κ1) is 37.0. The summed E-state index contributed by atoms with van der Waals surface area (Å²) in [5.41, 5.74) is 0. The molecular formula is H10B4NaO13Sb. The Morgan fingerprint density at radius 2 is 0.579 bits per heavy atom. The Labute approximate surface area is 144 Å². The van der Waals surface area contributed by atoms with E-state index in [1.807, 2.05) is 0 Å². The summed E-state index contributed by atoms with van der Waals surface area (Å²) >= 11 is 0.500. The van der Waals surface area contributed by atoms with Gasteiger partial charge in [-0.1, -0.05) is 0 Å². The second kappa shape index (κ2) is 36.6. The average Bonchev–Trinajstić information content (AvgIpc) is 2.01. The fraction of sp³-hybridized carbons (Fsp3) is 0. The molecule has 0 heterocycles. The summed E-state index contributed by atoms with van der Waals surface area (Å²) in [5, 5.41) is 88.5. The van der Waals surface area contributed by atoms with Crippen molar-refractivity contribution in [2.45, 2.75) is 0 Å². The van der Waals surface area contributed by atoms with Crippen LogP contribution in [0.1, 0.15) is 0 Å². The molecule has 10 N–H and O–H groups in total. The zero-order valence-corrected chi connectivity index (χ0v) is 14.0. The van der Waals surface area contributed by atoms with E-state index in [9.17, 15) is 0 Å². The Balaban J connectivity index is -0.0000000279. The van der Waals surface area contributed by atoms with Crippen LogP contribution in [0, 0.1) is 0 Å². The summed E-state index contributed by atoms with van der Waals surface area (Å²) in [4.78, 5) is 0. The van der Waals surface area contributed by atoms with Gasteiger partial charge < -0.3 is 60.3 Å². The molecule has 0 aliphatic heterocycles. The SMILES string of the molecule is OB(O)O.OB(O)O.OB(O)O.[Na+].[O-]B([O-])O.[O]=[Sb+]. The van der Waals surface area contributed by atoms with Crippen LogP contribution in [0.5, 0.6) is 0 Å². The number of rotatable bonds is 0. The summed E-state index contributed by atoms with van der Waals surface area (Å²) in [7, 11) is -9.17. The second-order valence-electron chi connectivity index (χ2n) is 1.35. The molecule has 0 fully saturated rings. The molecule has 0 bridgehead atoms. The fourth-order valence-electron chi connectivity index (χ4n) is 0. The molecule has 0 unspecified atom stereocenters. The molecule has 106 valence electrons. The van der Waals surface area contributed by atoms with E-state index in [4.69, 9.17) is 63.3 Å². The number of hydrogen-bond donors (Lipinski definition) is 10. The van der Waals surface area contributed by atoms with Gasteiger partial charge in [-0.15, -0.1) is 0 Å². The molecule has 0 aromatic carbocycles. The van der Waals surface area contributed by atoms with Gasteiger partial charge in [0.2, 0.25) is 0 Å². The summed E-state index contributed by atoms with van der Waals surface area (Å²) in [5.74, 6) is 0. The minimum absolute atomic E-state index is 0. The van der Waals surface area contributed by atoms with E-state index in [0.717, 1.165) is 0 Å². The van der Waals surface area contributed by atoms with Gasteiger partial charge in [0, 0.05) is 0 Å². The molecule has 0 amide bonds. The van der Waals surface area contributed by atoms with Crippen molar-refractivity contribution in [1.82, 2.24) is 0 Å². The van der Waals surface area contributed by atoms with Gasteiger partial charge in [-0.05, 0) is 0 Å². The van der Waals surface area contributed by atoms with E-state index >= 15 is 0 Å². The van der Waals surface area contributed by atoms with Crippen molar-refractivity contribution in [2.75, 3.05) is 0 Å². The molecule has 13 nitrogen and oxygen atoms in total. The van der Waals surface area contributed by atoms with E-state index in [1.165, 1.54) is 0 Å². The zero-order valence-electron chi connectivity index (χ0n) is 9.45. The predicted molar refractivity (Wildman–Crippen MR) is 51.6 cm³/mol. The van der Waals surface area contributed by atoms with Gasteiger partial charge in [0.1, 0.15) is 0 Å². The Morgan fingerprint density at radius 3 is 0.579 bits per heavy atom. The molecule has 0 aromatic rings. The fourth-order valence-corrected chi connectivity index (χ4v) is 0. The summed E-state index contributed by atoms with van der Waals surface area (Å²) in [6.45, 7) is 0. The van der Waals surface area contributed by atoms with E-state index in [0.29, 0.717) is 23.0 Å². The first-order valence-electron chi connectivity index (χ1n) is 3.24. The van der Waals surface area contributed by atoms with Crippen LogP contribution in [0.4, 0.5) is 0 Å². The van der Waals surface area contributed by atoms with Crippen LogP contribution in [-0.4, -0.2) is 103 Å². The molecule has 19 heavy (non-hydrogen) atoms. The van der Waals surface area contributed by atoms with Crippen LogP contribution < -0.4 is 39.6 Å². The van der Waals surface area contributed by atoms with Gasteiger partial charge in [0.15, 0.2) is 0 Å². The first-order chi connectivity index (χ1) is 7.93. The van der Waals surface area contributed by atoms with Crippen molar-refractivity contribution in [3.8, 4) is 0 Å². The van der Waals surface area contributed by atoms with Crippen molar-refractivity contribution in [2.24, 2.45) is 0 Å². The molecule has 0 aliphatic carbocycles. The second-order valence-corrected chi connectivity index (χ2v) is 1.35. The topological polar surface area (TPSA) is 265 Å². The van der Waals surface area contributed by atoms with E-state index in [-0.39, 0.29) is 29.6 Å². The van der Waals surface area contributed by atoms with Crippen LogP contribution >= 0.6 is 0 Å². The van der Waals surface area contributed by atoms with Crippen molar-refractivity contribution in [3.63, 3.8) is 0 Å². The van der Waals surface area contributed by atoms with Crippen LogP contribution in [0.15, 0.2) is 0 Å². The quantitative estimate of drug-likeness (QED) is 0.168. The van der Waals surface area contributed by atoms with E-state index < -0.39 is 29.3 Å². The molecule has 0 saturated carbocycles.